The Kier molecular flexibility index (Phi) is 3.17. The number of nitrogens with one attached hydrogen (secondary N) is 1. The zero-order valence-electron chi connectivity index (χ0n) is 10.9. The number of amides is 1. The Bertz CT molecular complexity index is 503. The predicted molar refractivity (Wildman–Crippen MR) is 72.1 cm³/mol. The summed E-state index contributed by atoms with van der Waals surface area (Å²) in [5, 5.41) is 2.94. The first kappa shape index (κ1) is 12.5. The summed E-state index contributed by atoms with van der Waals surface area (Å²) < 4.78 is 12.9. The molecule has 1 aromatic rings. The smallest absolute Gasteiger partial charge is 0.253 e. The van der Waals surface area contributed by atoms with Gasteiger partial charge in [0.1, 0.15) is 5.82 Å². The molecule has 0 saturated heterocycles. The van der Waals surface area contributed by atoms with E-state index in [-0.39, 0.29) is 11.6 Å². The Morgan fingerprint density at radius 2 is 2.21 bits per heavy atom. The number of benzene rings is 1. The molecule has 2 aliphatic rings. The van der Waals surface area contributed by atoms with E-state index in [1.165, 1.54) is 43.9 Å². The first-order chi connectivity index (χ1) is 9.13. The molecule has 3 unspecified atom stereocenters. The molecule has 2 bridgehead atoms. The number of fused-ring (bicyclic) bond motifs is 2. The Morgan fingerprint density at radius 1 is 1.37 bits per heavy atom. The maximum absolute atomic E-state index is 12.9. The van der Waals surface area contributed by atoms with Gasteiger partial charge in [0.15, 0.2) is 0 Å². The molecule has 1 amide bonds. The maximum Gasteiger partial charge on any atom is 0.253 e. The van der Waals surface area contributed by atoms with Gasteiger partial charge in [0.05, 0.1) is 5.56 Å². The van der Waals surface area contributed by atoms with Gasteiger partial charge in [-0.3, -0.25) is 4.79 Å². The van der Waals surface area contributed by atoms with Gasteiger partial charge in [0.25, 0.3) is 5.91 Å². The second-order valence-electron chi connectivity index (χ2n) is 5.88. The molecular formula is C15H19FN2O. The summed E-state index contributed by atoms with van der Waals surface area (Å²) in [6.45, 7) is 0.719. The van der Waals surface area contributed by atoms with Crippen LogP contribution in [0.2, 0.25) is 0 Å². The van der Waals surface area contributed by atoms with Gasteiger partial charge in [-0.1, -0.05) is 6.42 Å². The van der Waals surface area contributed by atoms with Gasteiger partial charge < -0.3 is 11.1 Å². The molecule has 0 aliphatic heterocycles. The van der Waals surface area contributed by atoms with Gasteiger partial charge >= 0.3 is 0 Å². The first-order valence-electron chi connectivity index (χ1n) is 6.96. The highest BCUT2D eigenvalue weighted by Crippen LogP contribution is 2.47. The minimum atomic E-state index is -0.415. The van der Waals surface area contributed by atoms with E-state index in [1.807, 2.05) is 0 Å². The second-order valence-corrected chi connectivity index (χ2v) is 5.88. The molecule has 19 heavy (non-hydrogen) atoms. The molecule has 0 spiro atoms. The molecular weight excluding hydrogens is 243 g/mol. The van der Waals surface area contributed by atoms with E-state index in [2.05, 4.69) is 5.32 Å². The van der Waals surface area contributed by atoms with Crippen LogP contribution in [-0.4, -0.2) is 12.5 Å². The average Bonchev–Trinajstić information content (AvgIpc) is 2.98. The number of carbonyl (C=O) groups is 1. The maximum atomic E-state index is 12.9. The van der Waals surface area contributed by atoms with Crippen molar-refractivity contribution in [1.82, 2.24) is 5.32 Å². The van der Waals surface area contributed by atoms with Crippen molar-refractivity contribution in [3.05, 3.63) is 29.6 Å². The first-order valence-corrected chi connectivity index (χ1v) is 6.96. The summed E-state index contributed by atoms with van der Waals surface area (Å²) in [7, 11) is 0. The fourth-order valence-electron chi connectivity index (χ4n) is 3.69. The van der Waals surface area contributed by atoms with E-state index in [4.69, 9.17) is 5.73 Å². The van der Waals surface area contributed by atoms with Gasteiger partial charge in [-0.05, 0) is 55.2 Å². The molecule has 0 aromatic heterocycles. The van der Waals surface area contributed by atoms with E-state index in [0.717, 1.165) is 18.4 Å². The van der Waals surface area contributed by atoms with E-state index < -0.39 is 5.82 Å². The highest BCUT2D eigenvalue weighted by Gasteiger charge is 2.39. The van der Waals surface area contributed by atoms with Gasteiger partial charge in [-0.15, -0.1) is 0 Å². The van der Waals surface area contributed by atoms with Crippen molar-refractivity contribution < 1.29 is 9.18 Å². The zero-order valence-corrected chi connectivity index (χ0v) is 10.9. The molecule has 3 nitrogen and oxygen atoms in total. The monoisotopic (exact) mass is 262 g/mol. The molecule has 0 heterocycles. The van der Waals surface area contributed by atoms with Crippen LogP contribution in [0, 0.1) is 23.6 Å². The van der Waals surface area contributed by atoms with Crippen molar-refractivity contribution in [2.45, 2.75) is 25.7 Å². The van der Waals surface area contributed by atoms with E-state index in [1.54, 1.807) is 0 Å². The van der Waals surface area contributed by atoms with Crippen LogP contribution >= 0.6 is 0 Å². The van der Waals surface area contributed by atoms with Crippen LogP contribution in [-0.2, 0) is 0 Å². The number of hydrogen-bond donors (Lipinski definition) is 2. The van der Waals surface area contributed by atoms with Crippen molar-refractivity contribution >= 4 is 11.6 Å². The predicted octanol–water partition coefficient (Wildman–Crippen LogP) is 2.57. The van der Waals surface area contributed by atoms with Crippen LogP contribution in [0.4, 0.5) is 10.1 Å². The van der Waals surface area contributed by atoms with Crippen LogP contribution < -0.4 is 11.1 Å². The Hall–Kier alpha value is -1.58. The van der Waals surface area contributed by atoms with Gasteiger partial charge in [-0.25, -0.2) is 4.39 Å². The Morgan fingerprint density at radius 3 is 2.84 bits per heavy atom. The van der Waals surface area contributed by atoms with Crippen molar-refractivity contribution in [1.29, 1.82) is 0 Å². The number of rotatable bonds is 3. The minimum Gasteiger partial charge on any atom is -0.398 e. The summed E-state index contributed by atoms with van der Waals surface area (Å²) in [6, 6.07) is 3.90. The average molecular weight is 262 g/mol. The molecule has 3 N–H and O–H groups in total. The Labute approximate surface area is 112 Å². The molecule has 2 aliphatic carbocycles. The quantitative estimate of drug-likeness (QED) is 0.823. The second kappa shape index (κ2) is 4.83. The fourth-order valence-corrected chi connectivity index (χ4v) is 3.69. The summed E-state index contributed by atoms with van der Waals surface area (Å²) >= 11 is 0. The number of nitrogen functional groups attached to an aromatic ring is 1. The van der Waals surface area contributed by atoms with Gasteiger partial charge in [-0.2, -0.15) is 0 Å². The van der Waals surface area contributed by atoms with Crippen LogP contribution in [0.25, 0.3) is 0 Å². The Balaban J connectivity index is 1.59. The number of carbonyl (C=O) groups excluding carboxylic acids is 1. The number of halogens is 1. The minimum absolute atomic E-state index is 0.194. The van der Waals surface area contributed by atoms with Crippen LogP contribution in [0.1, 0.15) is 36.0 Å². The van der Waals surface area contributed by atoms with Gasteiger partial charge in [0.2, 0.25) is 0 Å². The van der Waals surface area contributed by atoms with Crippen LogP contribution in [0.3, 0.4) is 0 Å². The van der Waals surface area contributed by atoms with Crippen molar-refractivity contribution in [2.24, 2.45) is 17.8 Å². The summed E-state index contributed by atoms with van der Waals surface area (Å²) in [4.78, 5) is 12.0. The van der Waals surface area contributed by atoms with Crippen molar-refractivity contribution in [2.75, 3.05) is 12.3 Å². The molecule has 2 fully saturated rings. The molecule has 2 saturated carbocycles. The summed E-state index contributed by atoms with van der Waals surface area (Å²) in [5.41, 5.74) is 6.23. The number of anilines is 1. The molecule has 102 valence electrons. The lowest BCUT2D eigenvalue weighted by atomic mass is 9.89. The lowest BCUT2D eigenvalue weighted by Gasteiger charge is -2.22. The van der Waals surface area contributed by atoms with Crippen molar-refractivity contribution in [3.63, 3.8) is 0 Å². The number of nitrogens with two attached hydrogens (primary N) is 1. The molecule has 3 atom stereocenters. The third-order valence-electron chi connectivity index (χ3n) is 4.67. The lowest BCUT2D eigenvalue weighted by molar-refractivity contribution is 0.0942. The summed E-state index contributed by atoms with van der Waals surface area (Å²) in [5.74, 6) is 1.67. The van der Waals surface area contributed by atoms with Crippen LogP contribution in [0.15, 0.2) is 18.2 Å². The third-order valence-corrected chi connectivity index (χ3v) is 4.67. The topological polar surface area (TPSA) is 55.1 Å². The third kappa shape index (κ3) is 2.44. The van der Waals surface area contributed by atoms with Gasteiger partial charge in [0, 0.05) is 12.2 Å². The highest BCUT2D eigenvalue weighted by molar-refractivity contribution is 5.99. The normalized spacial score (nSPS) is 28.6. The molecule has 1 aromatic carbocycles. The number of hydrogen-bond acceptors (Lipinski definition) is 2. The zero-order chi connectivity index (χ0) is 13.4. The van der Waals surface area contributed by atoms with E-state index >= 15 is 0 Å². The van der Waals surface area contributed by atoms with E-state index in [0.29, 0.717) is 11.5 Å². The van der Waals surface area contributed by atoms with E-state index in [9.17, 15) is 9.18 Å². The molecule has 3 rings (SSSR count). The largest absolute Gasteiger partial charge is 0.398 e. The summed E-state index contributed by atoms with van der Waals surface area (Å²) in [6.07, 6.45) is 5.24. The van der Waals surface area contributed by atoms with Crippen LogP contribution in [0.5, 0.6) is 0 Å². The molecule has 4 heteroatoms. The highest BCUT2D eigenvalue weighted by atomic mass is 19.1. The fraction of sp³-hybridized carbons (Fsp3) is 0.533. The molecule has 0 radical (unpaired) electrons. The SMILES string of the molecule is Nc1cc(F)ccc1C(=O)NCC1CC2CCC1C2. The van der Waals surface area contributed by atoms with Crippen molar-refractivity contribution in [3.8, 4) is 0 Å². The standard InChI is InChI=1S/C15H19FN2O/c16-12-3-4-13(14(17)7-12)15(19)18-8-11-6-9-1-2-10(11)5-9/h3-4,7,9-11H,1-2,5-6,8,17H2,(H,18,19). The lowest BCUT2D eigenvalue weighted by Crippen LogP contribution is -2.32.